The van der Waals surface area contributed by atoms with E-state index in [1.54, 1.807) is 0 Å². The monoisotopic (exact) mass is 348 g/mol. The number of halogens is 1. The average molecular weight is 349 g/mol. The Labute approximate surface area is 148 Å². The first kappa shape index (κ1) is 16.2. The van der Waals surface area contributed by atoms with E-state index in [0.717, 1.165) is 49.3 Å². The van der Waals surface area contributed by atoms with E-state index in [1.807, 2.05) is 30.0 Å². The molecule has 4 atom stereocenters. The molecule has 24 heavy (non-hydrogen) atoms. The summed E-state index contributed by atoms with van der Waals surface area (Å²) in [6.07, 6.45) is 5.09. The van der Waals surface area contributed by atoms with Gasteiger partial charge in [-0.2, -0.15) is 0 Å². The fraction of sp³-hybridized carbons (Fsp3) is 0.632. The van der Waals surface area contributed by atoms with Crippen molar-refractivity contribution in [2.24, 2.45) is 5.92 Å². The van der Waals surface area contributed by atoms with Crippen molar-refractivity contribution in [1.82, 2.24) is 4.90 Å². The summed E-state index contributed by atoms with van der Waals surface area (Å²) in [5.74, 6) is 0.770. The van der Waals surface area contributed by atoms with Crippen molar-refractivity contribution >= 4 is 23.3 Å². The zero-order chi connectivity index (χ0) is 17.1. The molecule has 2 unspecified atom stereocenters. The van der Waals surface area contributed by atoms with Gasteiger partial charge in [0.2, 0.25) is 0 Å². The summed E-state index contributed by atoms with van der Waals surface area (Å²) in [5.41, 5.74) is 1.000. The molecule has 0 radical (unpaired) electrons. The molecule has 2 saturated heterocycles. The summed E-state index contributed by atoms with van der Waals surface area (Å²) in [6, 6.07) is 6.39. The standard InChI is InChI=1S/C19H25ClN2O2/c1-11-7-13-10-14(8-11)22(13)18(23)21-12-3-4-17(20)15(9-12)16-5-6-19(16,2)24/h3-4,9,11,13-14,16,24H,5-8,10H2,1-2H3,(H,21,23)/t11?,13?,14?,16-,19+/m1/s1. The van der Waals surface area contributed by atoms with Crippen LogP contribution in [0.25, 0.3) is 0 Å². The van der Waals surface area contributed by atoms with Gasteiger partial charge in [0.15, 0.2) is 0 Å². The van der Waals surface area contributed by atoms with Crippen LogP contribution in [0, 0.1) is 5.92 Å². The minimum Gasteiger partial charge on any atom is -0.390 e. The van der Waals surface area contributed by atoms with Crippen LogP contribution in [0.1, 0.15) is 57.4 Å². The van der Waals surface area contributed by atoms with E-state index in [4.69, 9.17) is 11.6 Å². The molecule has 1 aromatic carbocycles. The summed E-state index contributed by atoms with van der Waals surface area (Å²) in [7, 11) is 0. The fourth-order valence-corrected chi connectivity index (χ4v) is 5.00. The van der Waals surface area contributed by atoms with Crippen LogP contribution in [0.15, 0.2) is 18.2 Å². The first-order valence-corrected chi connectivity index (χ1v) is 9.34. The number of benzene rings is 1. The van der Waals surface area contributed by atoms with Crippen molar-refractivity contribution in [2.45, 2.75) is 69.6 Å². The van der Waals surface area contributed by atoms with Gasteiger partial charge in [-0.1, -0.05) is 18.5 Å². The Kier molecular flexibility index (Phi) is 3.81. The van der Waals surface area contributed by atoms with Gasteiger partial charge in [0, 0.05) is 28.7 Å². The van der Waals surface area contributed by atoms with Crippen molar-refractivity contribution in [1.29, 1.82) is 0 Å². The minimum absolute atomic E-state index is 0.00297. The maximum Gasteiger partial charge on any atom is 0.322 e. The molecule has 2 saturated carbocycles. The van der Waals surface area contributed by atoms with Gasteiger partial charge in [0.25, 0.3) is 0 Å². The van der Waals surface area contributed by atoms with E-state index in [0.29, 0.717) is 17.1 Å². The highest BCUT2D eigenvalue weighted by molar-refractivity contribution is 6.31. The van der Waals surface area contributed by atoms with Crippen LogP contribution in [0.4, 0.5) is 10.5 Å². The molecule has 0 spiro atoms. The zero-order valence-corrected chi connectivity index (χ0v) is 15.0. The van der Waals surface area contributed by atoms with Gasteiger partial charge < -0.3 is 15.3 Å². The quantitative estimate of drug-likeness (QED) is 0.833. The van der Waals surface area contributed by atoms with Crippen molar-refractivity contribution in [3.63, 3.8) is 0 Å². The molecule has 2 bridgehead atoms. The number of piperidine rings is 1. The lowest BCUT2D eigenvalue weighted by Gasteiger charge is -2.54. The van der Waals surface area contributed by atoms with E-state index >= 15 is 0 Å². The van der Waals surface area contributed by atoms with Crippen LogP contribution in [-0.2, 0) is 0 Å². The first-order valence-electron chi connectivity index (χ1n) is 8.96. The summed E-state index contributed by atoms with van der Waals surface area (Å²) in [6.45, 7) is 4.12. The van der Waals surface area contributed by atoms with E-state index < -0.39 is 5.60 Å². The number of anilines is 1. The lowest BCUT2D eigenvalue weighted by Crippen LogP contribution is -2.63. The third-order valence-electron chi connectivity index (χ3n) is 6.23. The molecule has 5 heteroatoms. The maximum atomic E-state index is 12.6. The van der Waals surface area contributed by atoms with Gasteiger partial charge in [0.05, 0.1) is 5.60 Å². The Morgan fingerprint density at radius 2 is 2.04 bits per heavy atom. The summed E-state index contributed by atoms with van der Waals surface area (Å²) in [5, 5.41) is 14.0. The summed E-state index contributed by atoms with van der Waals surface area (Å²) in [4.78, 5) is 14.6. The molecule has 2 aliphatic heterocycles. The zero-order valence-electron chi connectivity index (χ0n) is 14.3. The van der Waals surface area contributed by atoms with Crippen LogP contribution >= 0.6 is 11.6 Å². The number of nitrogens with one attached hydrogen (secondary N) is 1. The molecular formula is C19H25ClN2O2. The SMILES string of the molecule is CC1CC2CC(C1)N2C(=O)Nc1ccc(Cl)c([C@H]2CC[C@]2(C)O)c1. The van der Waals surface area contributed by atoms with Gasteiger partial charge in [-0.05, 0) is 68.7 Å². The largest absolute Gasteiger partial charge is 0.390 e. The topological polar surface area (TPSA) is 52.6 Å². The summed E-state index contributed by atoms with van der Waals surface area (Å²) < 4.78 is 0. The van der Waals surface area contributed by atoms with E-state index in [-0.39, 0.29) is 11.9 Å². The number of carbonyl (C=O) groups is 1. The van der Waals surface area contributed by atoms with Crippen LogP contribution in [0.5, 0.6) is 0 Å². The fourth-order valence-electron chi connectivity index (χ4n) is 4.75. The highest BCUT2D eigenvalue weighted by Crippen LogP contribution is 2.48. The normalized spacial score (nSPS) is 37.4. The van der Waals surface area contributed by atoms with Crippen LogP contribution in [0.3, 0.4) is 0 Å². The Hall–Kier alpha value is -1.26. The number of hydrogen-bond acceptors (Lipinski definition) is 2. The smallest absolute Gasteiger partial charge is 0.322 e. The van der Waals surface area contributed by atoms with Crippen molar-refractivity contribution < 1.29 is 9.90 Å². The van der Waals surface area contributed by atoms with Crippen molar-refractivity contribution in [3.05, 3.63) is 28.8 Å². The molecule has 2 aliphatic carbocycles. The number of urea groups is 1. The second-order valence-corrected chi connectivity index (χ2v) is 8.55. The Balaban J connectivity index is 1.48. The Bertz CT molecular complexity index is 663. The van der Waals surface area contributed by atoms with Gasteiger partial charge in [-0.25, -0.2) is 4.79 Å². The second kappa shape index (κ2) is 5.63. The third kappa shape index (κ3) is 2.60. The molecule has 2 N–H and O–H groups in total. The Morgan fingerprint density at radius 1 is 1.33 bits per heavy atom. The number of rotatable bonds is 2. The number of fused-ring (bicyclic) bond motifs is 2. The van der Waals surface area contributed by atoms with Gasteiger partial charge in [0.1, 0.15) is 0 Å². The molecule has 1 aromatic rings. The highest BCUT2D eigenvalue weighted by Gasteiger charge is 2.47. The molecule has 2 heterocycles. The number of aliphatic hydroxyl groups is 1. The van der Waals surface area contributed by atoms with Crippen LogP contribution in [0.2, 0.25) is 5.02 Å². The van der Waals surface area contributed by atoms with Crippen molar-refractivity contribution in [2.75, 3.05) is 5.32 Å². The predicted molar refractivity (Wildman–Crippen MR) is 95.5 cm³/mol. The predicted octanol–water partition coefficient (Wildman–Crippen LogP) is 4.37. The number of amides is 2. The third-order valence-corrected chi connectivity index (χ3v) is 6.57. The van der Waals surface area contributed by atoms with Crippen LogP contribution < -0.4 is 5.32 Å². The highest BCUT2D eigenvalue weighted by atomic mass is 35.5. The molecule has 0 aromatic heterocycles. The van der Waals surface area contributed by atoms with E-state index in [1.165, 1.54) is 0 Å². The molecule has 4 aliphatic rings. The molecule has 5 rings (SSSR count). The molecule has 130 valence electrons. The van der Waals surface area contributed by atoms with Gasteiger partial charge in [-0.3, -0.25) is 0 Å². The molecule has 4 fully saturated rings. The summed E-state index contributed by atoms with van der Waals surface area (Å²) >= 11 is 6.33. The number of hydrogen-bond donors (Lipinski definition) is 2. The molecule has 4 nitrogen and oxygen atoms in total. The second-order valence-electron chi connectivity index (χ2n) is 8.14. The van der Waals surface area contributed by atoms with Gasteiger partial charge >= 0.3 is 6.03 Å². The number of nitrogens with zero attached hydrogens (tertiary/aromatic N) is 1. The van der Waals surface area contributed by atoms with E-state index in [2.05, 4.69) is 12.2 Å². The number of carbonyl (C=O) groups excluding carboxylic acids is 1. The maximum absolute atomic E-state index is 12.6. The van der Waals surface area contributed by atoms with Crippen molar-refractivity contribution in [3.8, 4) is 0 Å². The molecular weight excluding hydrogens is 324 g/mol. The first-order chi connectivity index (χ1) is 11.3. The minimum atomic E-state index is -0.698. The van der Waals surface area contributed by atoms with Gasteiger partial charge in [-0.15, -0.1) is 0 Å². The van der Waals surface area contributed by atoms with E-state index in [9.17, 15) is 9.90 Å². The lowest BCUT2D eigenvalue weighted by molar-refractivity contribution is -0.0405. The lowest BCUT2D eigenvalue weighted by atomic mass is 9.67. The van der Waals surface area contributed by atoms with Crippen LogP contribution in [-0.4, -0.2) is 33.7 Å². The molecule has 2 amide bonds. The average Bonchev–Trinajstić information content (AvgIpc) is 2.49. The Morgan fingerprint density at radius 3 is 2.62 bits per heavy atom.